The summed E-state index contributed by atoms with van der Waals surface area (Å²) in [5, 5.41) is 6.23. The summed E-state index contributed by atoms with van der Waals surface area (Å²) < 4.78 is 6.06. The van der Waals surface area contributed by atoms with E-state index in [1.54, 1.807) is 55.0 Å². The quantitative estimate of drug-likeness (QED) is 0.342. The molecule has 0 atom stereocenters. The van der Waals surface area contributed by atoms with Gasteiger partial charge in [-0.05, 0) is 73.4 Å². The van der Waals surface area contributed by atoms with Gasteiger partial charge in [0.1, 0.15) is 17.4 Å². The summed E-state index contributed by atoms with van der Waals surface area (Å²) in [6.07, 6.45) is 8.31. The molecule has 1 aliphatic carbocycles. The monoisotopic (exact) mass is 466 g/mol. The van der Waals surface area contributed by atoms with E-state index in [1.165, 1.54) is 12.8 Å². The molecule has 1 amide bonds. The lowest BCUT2D eigenvalue weighted by atomic mass is 10.2. The molecule has 5 rings (SSSR count). The number of aromatic nitrogens is 4. The SMILES string of the molecule is CCc1nccc(-c2cccnc2Oc2ccc(NC(=O)c3cccnc3NCC3CC3)cc2)n1. The Morgan fingerprint density at radius 2 is 1.77 bits per heavy atom. The molecule has 1 aliphatic rings. The first kappa shape index (κ1) is 22.5. The molecule has 3 heterocycles. The number of rotatable bonds is 9. The summed E-state index contributed by atoms with van der Waals surface area (Å²) in [5.74, 6) is 2.88. The van der Waals surface area contributed by atoms with Crippen LogP contribution >= 0.6 is 0 Å². The number of nitrogens with zero attached hydrogens (tertiary/aromatic N) is 4. The third-order valence-corrected chi connectivity index (χ3v) is 5.70. The van der Waals surface area contributed by atoms with Crippen molar-refractivity contribution in [1.82, 2.24) is 19.9 Å². The molecule has 1 saturated carbocycles. The van der Waals surface area contributed by atoms with Crippen LogP contribution in [-0.2, 0) is 6.42 Å². The Morgan fingerprint density at radius 3 is 2.57 bits per heavy atom. The molecule has 0 spiro atoms. The molecule has 4 aromatic rings. The molecule has 0 bridgehead atoms. The Labute approximate surface area is 203 Å². The van der Waals surface area contributed by atoms with Gasteiger partial charge in [-0.1, -0.05) is 6.92 Å². The summed E-state index contributed by atoms with van der Waals surface area (Å²) in [6.45, 7) is 2.85. The van der Waals surface area contributed by atoms with Gasteiger partial charge in [-0.15, -0.1) is 0 Å². The van der Waals surface area contributed by atoms with Crippen molar-refractivity contribution in [2.45, 2.75) is 26.2 Å². The fourth-order valence-electron chi connectivity index (χ4n) is 3.60. The zero-order valence-corrected chi connectivity index (χ0v) is 19.4. The number of amides is 1. The van der Waals surface area contributed by atoms with E-state index in [0.717, 1.165) is 30.0 Å². The van der Waals surface area contributed by atoms with Crippen LogP contribution in [0.3, 0.4) is 0 Å². The number of anilines is 2. The minimum absolute atomic E-state index is 0.215. The summed E-state index contributed by atoms with van der Waals surface area (Å²) in [7, 11) is 0. The average Bonchev–Trinajstić information content (AvgIpc) is 3.74. The van der Waals surface area contributed by atoms with Gasteiger partial charge < -0.3 is 15.4 Å². The van der Waals surface area contributed by atoms with Crippen LogP contribution in [0.15, 0.2) is 73.2 Å². The molecule has 0 aliphatic heterocycles. The van der Waals surface area contributed by atoms with E-state index in [0.29, 0.717) is 34.6 Å². The Bertz CT molecular complexity index is 1320. The van der Waals surface area contributed by atoms with Gasteiger partial charge in [-0.25, -0.2) is 19.9 Å². The molecular formula is C27H26N6O2. The van der Waals surface area contributed by atoms with Crippen LogP contribution in [0.4, 0.5) is 11.5 Å². The van der Waals surface area contributed by atoms with Crippen molar-refractivity contribution >= 4 is 17.4 Å². The van der Waals surface area contributed by atoms with E-state index in [-0.39, 0.29) is 5.91 Å². The molecular weight excluding hydrogens is 440 g/mol. The highest BCUT2D eigenvalue weighted by molar-refractivity contribution is 6.07. The van der Waals surface area contributed by atoms with Gasteiger partial charge >= 0.3 is 0 Å². The fourth-order valence-corrected chi connectivity index (χ4v) is 3.60. The van der Waals surface area contributed by atoms with Gasteiger partial charge in [-0.2, -0.15) is 0 Å². The van der Waals surface area contributed by atoms with E-state index < -0.39 is 0 Å². The number of aryl methyl sites for hydroxylation is 1. The third kappa shape index (κ3) is 5.60. The van der Waals surface area contributed by atoms with Crippen LogP contribution in [0.5, 0.6) is 11.6 Å². The number of carbonyl (C=O) groups excluding carboxylic acids is 1. The molecule has 0 radical (unpaired) electrons. The van der Waals surface area contributed by atoms with Crippen molar-refractivity contribution in [2.75, 3.05) is 17.2 Å². The van der Waals surface area contributed by atoms with Crippen LogP contribution < -0.4 is 15.4 Å². The lowest BCUT2D eigenvalue weighted by Gasteiger charge is -2.12. The van der Waals surface area contributed by atoms with Crippen LogP contribution in [0.1, 0.15) is 35.9 Å². The highest BCUT2D eigenvalue weighted by atomic mass is 16.5. The summed E-state index contributed by atoms with van der Waals surface area (Å²) in [6, 6.07) is 16.3. The topological polar surface area (TPSA) is 102 Å². The molecule has 8 nitrogen and oxygen atoms in total. The number of ether oxygens (including phenoxy) is 1. The lowest BCUT2D eigenvalue weighted by molar-refractivity contribution is 0.102. The number of hydrogen-bond acceptors (Lipinski definition) is 7. The number of pyridine rings is 2. The second-order valence-corrected chi connectivity index (χ2v) is 8.37. The largest absolute Gasteiger partial charge is 0.438 e. The lowest BCUT2D eigenvalue weighted by Crippen LogP contribution is -2.16. The van der Waals surface area contributed by atoms with Gasteiger partial charge in [0.25, 0.3) is 5.91 Å². The van der Waals surface area contributed by atoms with E-state index in [9.17, 15) is 4.79 Å². The predicted molar refractivity (Wildman–Crippen MR) is 135 cm³/mol. The normalized spacial score (nSPS) is 12.7. The number of hydrogen-bond donors (Lipinski definition) is 2. The predicted octanol–water partition coefficient (Wildman–Crippen LogP) is 5.36. The van der Waals surface area contributed by atoms with Crippen molar-refractivity contribution in [1.29, 1.82) is 0 Å². The minimum atomic E-state index is -0.215. The van der Waals surface area contributed by atoms with E-state index in [2.05, 4.69) is 30.6 Å². The van der Waals surface area contributed by atoms with Crippen LogP contribution in [0, 0.1) is 5.92 Å². The van der Waals surface area contributed by atoms with Gasteiger partial charge in [0.15, 0.2) is 0 Å². The zero-order chi connectivity index (χ0) is 24.0. The molecule has 3 aromatic heterocycles. The Morgan fingerprint density at radius 1 is 0.971 bits per heavy atom. The summed E-state index contributed by atoms with van der Waals surface area (Å²) >= 11 is 0. The first-order chi connectivity index (χ1) is 17.2. The van der Waals surface area contributed by atoms with Crippen molar-refractivity contribution < 1.29 is 9.53 Å². The van der Waals surface area contributed by atoms with E-state index >= 15 is 0 Å². The maximum absolute atomic E-state index is 12.9. The fraction of sp³-hybridized carbons (Fsp3) is 0.222. The first-order valence-electron chi connectivity index (χ1n) is 11.7. The maximum Gasteiger partial charge on any atom is 0.259 e. The molecule has 1 fully saturated rings. The van der Waals surface area contributed by atoms with Gasteiger partial charge in [-0.3, -0.25) is 4.79 Å². The van der Waals surface area contributed by atoms with Crippen LogP contribution in [-0.4, -0.2) is 32.4 Å². The van der Waals surface area contributed by atoms with E-state index in [4.69, 9.17) is 4.74 Å². The molecule has 35 heavy (non-hydrogen) atoms. The van der Waals surface area contributed by atoms with Gasteiger partial charge in [0.2, 0.25) is 5.88 Å². The number of benzene rings is 1. The van der Waals surface area contributed by atoms with Crippen molar-refractivity contribution in [3.05, 3.63) is 84.6 Å². The standard InChI is InChI=1S/C27H26N6O2/c1-2-24-28-16-13-23(33-24)21-5-3-15-30-27(21)35-20-11-9-19(10-12-20)32-26(34)22-6-4-14-29-25(22)31-17-18-7-8-18/h3-6,9-16,18H,2,7-8,17H2,1H3,(H,29,31)(H,32,34). The average molecular weight is 467 g/mol. The molecule has 0 unspecified atom stereocenters. The Hall–Kier alpha value is -4.33. The molecule has 176 valence electrons. The molecule has 1 aromatic carbocycles. The summed E-state index contributed by atoms with van der Waals surface area (Å²) in [4.78, 5) is 30.5. The first-order valence-corrected chi connectivity index (χ1v) is 11.7. The third-order valence-electron chi connectivity index (χ3n) is 5.70. The highest BCUT2D eigenvalue weighted by Crippen LogP contribution is 2.31. The highest BCUT2D eigenvalue weighted by Gasteiger charge is 2.22. The zero-order valence-electron chi connectivity index (χ0n) is 19.4. The maximum atomic E-state index is 12.9. The van der Waals surface area contributed by atoms with Crippen molar-refractivity contribution in [3.8, 4) is 22.9 Å². The minimum Gasteiger partial charge on any atom is -0.438 e. The van der Waals surface area contributed by atoms with E-state index in [1.807, 2.05) is 25.1 Å². The number of nitrogens with one attached hydrogen (secondary N) is 2. The Balaban J connectivity index is 1.28. The van der Waals surface area contributed by atoms with Crippen molar-refractivity contribution in [3.63, 3.8) is 0 Å². The smallest absolute Gasteiger partial charge is 0.259 e. The molecule has 0 saturated heterocycles. The molecule has 8 heteroatoms. The second kappa shape index (κ2) is 10.3. The van der Waals surface area contributed by atoms with Crippen LogP contribution in [0.25, 0.3) is 11.3 Å². The summed E-state index contributed by atoms with van der Waals surface area (Å²) in [5.41, 5.74) is 2.71. The van der Waals surface area contributed by atoms with Gasteiger partial charge in [0, 0.05) is 37.2 Å². The van der Waals surface area contributed by atoms with Gasteiger partial charge in [0.05, 0.1) is 16.8 Å². The van der Waals surface area contributed by atoms with Crippen molar-refractivity contribution in [2.24, 2.45) is 5.92 Å². The second-order valence-electron chi connectivity index (χ2n) is 8.37. The molecule has 2 N–H and O–H groups in total. The number of carbonyl (C=O) groups is 1. The Kier molecular flexibility index (Phi) is 6.61. The van der Waals surface area contributed by atoms with Crippen LogP contribution in [0.2, 0.25) is 0 Å².